The van der Waals surface area contributed by atoms with Crippen LogP contribution in [0.5, 0.6) is 0 Å². The lowest BCUT2D eigenvalue weighted by Crippen LogP contribution is -2.36. The molecule has 1 aliphatic heterocycles. The lowest BCUT2D eigenvalue weighted by molar-refractivity contribution is -0.126. The predicted molar refractivity (Wildman–Crippen MR) is 129 cm³/mol. The minimum Gasteiger partial charge on any atom is -0.453 e. The van der Waals surface area contributed by atoms with Crippen LogP contribution in [0.4, 0.5) is 0 Å². The van der Waals surface area contributed by atoms with E-state index in [1.54, 1.807) is 48.4 Å². The number of carbonyl (C=O) groups is 2. The zero-order chi connectivity index (χ0) is 24.1. The van der Waals surface area contributed by atoms with Gasteiger partial charge in [0.2, 0.25) is 5.91 Å². The van der Waals surface area contributed by atoms with Gasteiger partial charge < -0.3 is 19.4 Å². The molecule has 0 saturated carbocycles. The number of rotatable bonds is 7. The van der Waals surface area contributed by atoms with E-state index in [1.165, 1.54) is 0 Å². The van der Waals surface area contributed by atoms with Crippen molar-refractivity contribution in [2.45, 2.75) is 33.0 Å². The molecular formula is C26H26ClN3O4. The number of furan rings is 1. The van der Waals surface area contributed by atoms with Gasteiger partial charge in [0.15, 0.2) is 5.76 Å². The van der Waals surface area contributed by atoms with E-state index in [9.17, 15) is 9.59 Å². The van der Waals surface area contributed by atoms with Crippen LogP contribution in [0.3, 0.4) is 0 Å². The highest BCUT2D eigenvalue weighted by Crippen LogP contribution is 2.24. The second-order valence-corrected chi connectivity index (χ2v) is 8.54. The van der Waals surface area contributed by atoms with Gasteiger partial charge in [0.1, 0.15) is 12.4 Å². The molecule has 34 heavy (non-hydrogen) atoms. The summed E-state index contributed by atoms with van der Waals surface area (Å²) in [4.78, 5) is 31.6. The Morgan fingerprint density at radius 2 is 2.03 bits per heavy atom. The van der Waals surface area contributed by atoms with E-state index >= 15 is 0 Å². The lowest BCUT2D eigenvalue weighted by atomic mass is 9.94. The van der Waals surface area contributed by atoms with E-state index in [2.05, 4.69) is 10.3 Å². The summed E-state index contributed by atoms with van der Waals surface area (Å²) >= 11 is 5.91. The summed E-state index contributed by atoms with van der Waals surface area (Å²) in [6.07, 6.45) is 5.89. The maximum absolute atomic E-state index is 12.7. The lowest BCUT2D eigenvalue weighted by Gasteiger charge is -2.29. The third-order valence-electron chi connectivity index (χ3n) is 5.79. The molecule has 176 valence electrons. The minimum atomic E-state index is -0.292. The van der Waals surface area contributed by atoms with Gasteiger partial charge in [0, 0.05) is 49.7 Å². The van der Waals surface area contributed by atoms with Crippen molar-refractivity contribution < 1.29 is 18.7 Å². The molecule has 0 bridgehead atoms. The first kappa shape index (κ1) is 23.7. The summed E-state index contributed by atoms with van der Waals surface area (Å²) in [5, 5.41) is 3.58. The van der Waals surface area contributed by atoms with Gasteiger partial charge >= 0.3 is 0 Å². The van der Waals surface area contributed by atoms with Crippen LogP contribution in [0.2, 0.25) is 5.02 Å². The summed E-state index contributed by atoms with van der Waals surface area (Å²) in [7, 11) is 1.57. The van der Waals surface area contributed by atoms with Crippen molar-refractivity contribution in [3.05, 3.63) is 93.2 Å². The van der Waals surface area contributed by atoms with Gasteiger partial charge in [0.25, 0.3) is 5.91 Å². The van der Waals surface area contributed by atoms with E-state index in [1.807, 2.05) is 25.3 Å². The number of hydrogen-bond acceptors (Lipinski definition) is 5. The van der Waals surface area contributed by atoms with Crippen LogP contribution in [0.25, 0.3) is 6.08 Å². The average molecular weight is 480 g/mol. The van der Waals surface area contributed by atoms with Crippen molar-refractivity contribution in [2.24, 2.45) is 0 Å². The Kier molecular flexibility index (Phi) is 7.45. The highest BCUT2D eigenvalue weighted by atomic mass is 35.5. The van der Waals surface area contributed by atoms with Crippen molar-refractivity contribution in [1.29, 1.82) is 0 Å². The van der Waals surface area contributed by atoms with Crippen LogP contribution in [0.15, 0.2) is 53.1 Å². The number of nitrogens with one attached hydrogen (secondary N) is 1. The molecule has 0 spiro atoms. The molecule has 0 saturated heterocycles. The molecule has 2 aromatic heterocycles. The molecule has 0 fully saturated rings. The van der Waals surface area contributed by atoms with E-state index in [0.717, 1.165) is 27.9 Å². The molecule has 3 aromatic rings. The molecule has 2 amide bonds. The second kappa shape index (κ2) is 10.7. The third-order valence-corrected chi connectivity index (χ3v) is 6.05. The number of nitrogens with zero attached hydrogens (tertiary/aromatic N) is 2. The van der Waals surface area contributed by atoms with E-state index < -0.39 is 0 Å². The van der Waals surface area contributed by atoms with E-state index in [0.29, 0.717) is 43.4 Å². The van der Waals surface area contributed by atoms with Crippen molar-refractivity contribution in [3.63, 3.8) is 0 Å². The highest BCUT2D eigenvalue weighted by molar-refractivity contribution is 6.30. The SMILES string of the molecule is COCc1ccc(C(=O)NCc2c(C)ncc3c2CCN(C(=O)/C=C/c2ccc(Cl)cc2)C3)o1. The quantitative estimate of drug-likeness (QED) is 0.510. The first-order valence-corrected chi connectivity index (χ1v) is 11.4. The molecule has 0 radical (unpaired) electrons. The fourth-order valence-corrected chi connectivity index (χ4v) is 4.09. The summed E-state index contributed by atoms with van der Waals surface area (Å²) in [5.74, 6) is 0.490. The fourth-order valence-electron chi connectivity index (χ4n) is 3.97. The van der Waals surface area contributed by atoms with Crippen LogP contribution < -0.4 is 5.32 Å². The molecule has 3 heterocycles. The number of amides is 2. The first-order valence-electron chi connectivity index (χ1n) is 11.0. The van der Waals surface area contributed by atoms with Gasteiger partial charge in [-0.05, 0) is 65.9 Å². The number of carbonyl (C=O) groups excluding carboxylic acids is 2. The Hall–Kier alpha value is -3.42. The number of fused-ring (bicyclic) bond motifs is 1. The van der Waals surface area contributed by atoms with Crippen LogP contribution in [-0.4, -0.2) is 35.4 Å². The predicted octanol–water partition coefficient (Wildman–Crippen LogP) is 4.31. The Morgan fingerprint density at radius 1 is 1.24 bits per heavy atom. The van der Waals surface area contributed by atoms with Gasteiger partial charge in [0.05, 0.1) is 0 Å². The zero-order valence-electron chi connectivity index (χ0n) is 19.1. The normalized spacial score (nSPS) is 13.2. The average Bonchev–Trinajstić information content (AvgIpc) is 3.31. The van der Waals surface area contributed by atoms with Crippen molar-refractivity contribution >= 4 is 29.5 Å². The minimum absolute atomic E-state index is 0.0549. The van der Waals surface area contributed by atoms with Gasteiger partial charge in [-0.15, -0.1) is 0 Å². The molecule has 0 unspecified atom stereocenters. The van der Waals surface area contributed by atoms with E-state index in [4.69, 9.17) is 20.8 Å². The van der Waals surface area contributed by atoms with E-state index in [-0.39, 0.29) is 17.6 Å². The number of aryl methyl sites for hydroxylation is 1. The summed E-state index contributed by atoms with van der Waals surface area (Å²) in [5.41, 5.74) is 4.89. The Bertz CT molecular complexity index is 1220. The molecule has 7 nitrogen and oxygen atoms in total. The fraction of sp³-hybridized carbons (Fsp3) is 0.269. The molecule has 1 aliphatic rings. The molecule has 8 heteroatoms. The number of pyridine rings is 1. The monoisotopic (exact) mass is 479 g/mol. The maximum atomic E-state index is 12.7. The first-order chi connectivity index (χ1) is 16.4. The van der Waals surface area contributed by atoms with Crippen LogP contribution in [0, 0.1) is 6.92 Å². The Balaban J connectivity index is 1.41. The van der Waals surface area contributed by atoms with Crippen LogP contribution in [0.1, 0.15) is 44.3 Å². The number of ether oxygens (including phenoxy) is 1. The molecule has 0 atom stereocenters. The number of benzene rings is 1. The Morgan fingerprint density at radius 3 is 2.79 bits per heavy atom. The third kappa shape index (κ3) is 5.55. The summed E-state index contributed by atoms with van der Waals surface area (Å²) in [6.45, 7) is 3.65. The summed E-state index contributed by atoms with van der Waals surface area (Å²) in [6, 6.07) is 10.7. The molecule has 0 aliphatic carbocycles. The van der Waals surface area contributed by atoms with Crippen molar-refractivity contribution in [1.82, 2.24) is 15.2 Å². The molecular weight excluding hydrogens is 454 g/mol. The van der Waals surface area contributed by atoms with Crippen LogP contribution in [-0.2, 0) is 35.6 Å². The topological polar surface area (TPSA) is 84.7 Å². The molecule has 1 N–H and O–H groups in total. The number of hydrogen-bond donors (Lipinski definition) is 1. The smallest absolute Gasteiger partial charge is 0.287 e. The number of halogens is 1. The maximum Gasteiger partial charge on any atom is 0.287 e. The van der Waals surface area contributed by atoms with Gasteiger partial charge in [-0.2, -0.15) is 0 Å². The van der Waals surface area contributed by atoms with Gasteiger partial charge in [-0.1, -0.05) is 23.7 Å². The number of aromatic nitrogens is 1. The summed E-state index contributed by atoms with van der Waals surface area (Å²) < 4.78 is 10.5. The van der Waals surface area contributed by atoms with Gasteiger partial charge in [-0.3, -0.25) is 14.6 Å². The molecule has 1 aromatic carbocycles. The zero-order valence-corrected chi connectivity index (χ0v) is 19.9. The van der Waals surface area contributed by atoms with Crippen molar-refractivity contribution in [2.75, 3.05) is 13.7 Å². The van der Waals surface area contributed by atoms with Crippen LogP contribution >= 0.6 is 11.6 Å². The largest absolute Gasteiger partial charge is 0.453 e. The second-order valence-electron chi connectivity index (χ2n) is 8.10. The Labute approximate surface area is 203 Å². The molecule has 4 rings (SSSR count). The standard InChI is InChI=1S/C26H26ClN3O4/c1-17-23(14-29-26(32)24-9-8-21(34-24)16-33-2)22-11-12-30(15-19(22)13-28-17)25(31)10-5-18-3-6-20(27)7-4-18/h3-10,13H,11-12,14-16H2,1-2H3,(H,29,32)/b10-5+. The number of methoxy groups -OCH3 is 1. The van der Waals surface area contributed by atoms with Crippen molar-refractivity contribution in [3.8, 4) is 0 Å². The highest BCUT2D eigenvalue weighted by Gasteiger charge is 2.23. The van der Waals surface area contributed by atoms with Gasteiger partial charge in [-0.25, -0.2) is 0 Å².